The Morgan fingerprint density at radius 2 is 1.68 bits per heavy atom. The van der Waals surface area contributed by atoms with Crippen molar-refractivity contribution in [1.29, 1.82) is 0 Å². The Hall–Kier alpha value is -1.45. The van der Waals surface area contributed by atoms with Crippen molar-refractivity contribution in [2.75, 3.05) is 6.54 Å². The molecule has 0 saturated heterocycles. The van der Waals surface area contributed by atoms with Crippen molar-refractivity contribution >= 4 is 5.91 Å². The lowest BCUT2D eigenvalue weighted by molar-refractivity contribution is 0.0936. The molecule has 0 atom stereocenters. The number of hydrogen-bond acceptors (Lipinski definition) is 1. The second-order valence-electron chi connectivity index (χ2n) is 5.49. The zero-order valence-corrected chi connectivity index (χ0v) is 11.8. The molecule has 0 aliphatic carbocycles. The van der Waals surface area contributed by atoms with Gasteiger partial charge in [0.1, 0.15) is 0 Å². The number of amides is 1. The maximum absolute atomic E-state index is 13.0. The van der Waals surface area contributed by atoms with Gasteiger partial charge < -0.3 is 5.32 Å². The number of hydrogen-bond donors (Lipinski definition) is 1. The highest BCUT2D eigenvalue weighted by atomic mass is 19.2. The van der Waals surface area contributed by atoms with Crippen molar-refractivity contribution in [3.63, 3.8) is 0 Å². The smallest absolute Gasteiger partial charge is 0.251 e. The van der Waals surface area contributed by atoms with Crippen LogP contribution in [0, 0.1) is 29.4 Å². The molecular formula is C15H21F2NO. The van der Waals surface area contributed by atoms with E-state index in [0.717, 1.165) is 12.1 Å². The Bertz CT molecular complexity index is 436. The van der Waals surface area contributed by atoms with Gasteiger partial charge in [-0.2, -0.15) is 0 Å². The number of halogens is 2. The van der Waals surface area contributed by atoms with E-state index in [-0.39, 0.29) is 11.5 Å². The van der Waals surface area contributed by atoms with Crippen LogP contribution < -0.4 is 5.32 Å². The Morgan fingerprint density at radius 1 is 1.11 bits per heavy atom. The first-order chi connectivity index (χ1) is 8.82. The molecule has 1 rings (SSSR count). The van der Waals surface area contributed by atoms with Crippen LogP contribution in [-0.2, 0) is 0 Å². The summed E-state index contributed by atoms with van der Waals surface area (Å²) in [5.41, 5.74) is 0.144. The first-order valence-electron chi connectivity index (χ1n) is 6.56. The summed E-state index contributed by atoms with van der Waals surface area (Å²) in [6, 6.07) is 3.17. The average Bonchev–Trinajstić information content (AvgIpc) is 2.31. The number of rotatable bonds is 5. The third kappa shape index (κ3) is 4.30. The van der Waals surface area contributed by atoms with Crippen molar-refractivity contribution in [3.05, 3.63) is 35.4 Å². The zero-order chi connectivity index (χ0) is 14.6. The summed E-state index contributed by atoms with van der Waals surface area (Å²) in [4.78, 5) is 11.9. The molecule has 0 aliphatic rings. The lowest BCUT2D eigenvalue weighted by Gasteiger charge is -2.25. The van der Waals surface area contributed by atoms with Gasteiger partial charge in [-0.25, -0.2) is 8.78 Å². The fourth-order valence-corrected chi connectivity index (χ4v) is 2.19. The van der Waals surface area contributed by atoms with Crippen LogP contribution in [0.3, 0.4) is 0 Å². The van der Waals surface area contributed by atoms with Gasteiger partial charge in [-0.05, 0) is 36.0 Å². The highest BCUT2D eigenvalue weighted by Crippen LogP contribution is 2.19. The lowest BCUT2D eigenvalue weighted by atomic mass is 9.85. The molecule has 0 aliphatic heterocycles. The van der Waals surface area contributed by atoms with Crippen LogP contribution in [0.4, 0.5) is 8.78 Å². The Morgan fingerprint density at radius 3 is 2.16 bits per heavy atom. The zero-order valence-electron chi connectivity index (χ0n) is 11.8. The Labute approximate surface area is 113 Å². The van der Waals surface area contributed by atoms with Gasteiger partial charge in [0.25, 0.3) is 5.91 Å². The van der Waals surface area contributed by atoms with E-state index in [9.17, 15) is 13.6 Å². The molecule has 0 saturated carbocycles. The molecule has 1 aromatic carbocycles. The third-order valence-corrected chi connectivity index (χ3v) is 3.39. The van der Waals surface area contributed by atoms with E-state index in [4.69, 9.17) is 0 Å². The van der Waals surface area contributed by atoms with Crippen molar-refractivity contribution in [1.82, 2.24) is 5.32 Å². The van der Waals surface area contributed by atoms with Gasteiger partial charge in [-0.1, -0.05) is 27.7 Å². The molecule has 0 aromatic heterocycles. The van der Waals surface area contributed by atoms with Crippen molar-refractivity contribution in [2.24, 2.45) is 17.8 Å². The predicted molar refractivity (Wildman–Crippen MR) is 71.9 cm³/mol. The summed E-state index contributed by atoms with van der Waals surface area (Å²) in [6.07, 6.45) is 0. The quantitative estimate of drug-likeness (QED) is 0.869. The van der Waals surface area contributed by atoms with Crippen LogP contribution in [0.1, 0.15) is 38.1 Å². The lowest BCUT2D eigenvalue weighted by Crippen LogP contribution is -2.34. The molecule has 0 heterocycles. The molecule has 2 nitrogen and oxygen atoms in total. The SMILES string of the molecule is CC(C)C(CNC(=O)c1ccc(F)c(F)c1)C(C)C. The highest BCUT2D eigenvalue weighted by Gasteiger charge is 2.19. The molecule has 0 unspecified atom stereocenters. The number of nitrogens with one attached hydrogen (secondary N) is 1. The standard InChI is InChI=1S/C15H21F2NO/c1-9(2)12(10(3)4)8-18-15(19)11-5-6-13(16)14(17)7-11/h5-7,9-10,12H,8H2,1-4H3,(H,18,19). The molecule has 106 valence electrons. The summed E-state index contributed by atoms with van der Waals surface area (Å²) in [5, 5.41) is 2.78. The van der Waals surface area contributed by atoms with E-state index in [1.807, 2.05) is 0 Å². The number of carbonyl (C=O) groups excluding carboxylic acids is 1. The van der Waals surface area contributed by atoms with Crippen LogP contribution in [0.15, 0.2) is 18.2 Å². The van der Waals surface area contributed by atoms with Gasteiger partial charge in [0.05, 0.1) is 0 Å². The fraction of sp³-hybridized carbons (Fsp3) is 0.533. The Balaban J connectivity index is 2.66. The van der Waals surface area contributed by atoms with Crippen molar-refractivity contribution < 1.29 is 13.6 Å². The fourth-order valence-electron chi connectivity index (χ4n) is 2.19. The molecule has 0 fully saturated rings. The summed E-state index contributed by atoms with van der Waals surface area (Å²) in [5.74, 6) is -1.06. The van der Waals surface area contributed by atoms with Crippen LogP contribution >= 0.6 is 0 Å². The summed E-state index contributed by atoms with van der Waals surface area (Å²) in [7, 11) is 0. The van der Waals surface area contributed by atoms with Crippen LogP contribution in [0.5, 0.6) is 0 Å². The topological polar surface area (TPSA) is 29.1 Å². The molecular weight excluding hydrogens is 248 g/mol. The van der Waals surface area contributed by atoms with Gasteiger partial charge in [-0.3, -0.25) is 4.79 Å². The average molecular weight is 269 g/mol. The largest absolute Gasteiger partial charge is 0.352 e. The van der Waals surface area contributed by atoms with E-state index in [1.165, 1.54) is 6.07 Å². The highest BCUT2D eigenvalue weighted by molar-refractivity contribution is 5.94. The van der Waals surface area contributed by atoms with E-state index in [0.29, 0.717) is 24.3 Å². The molecule has 0 spiro atoms. The van der Waals surface area contributed by atoms with E-state index < -0.39 is 11.6 Å². The predicted octanol–water partition coefficient (Wildman–Crippen LogP) is 3.62. The first kappa shape index (κ1) is 15.6. The maximum Gasteiger partial charge on any atom is 0.251 e. The molecule has 1 aromatic rings. The normalized spacial score (nSPS) is 11.4. The number of benzene rings is 1. The second-order valence-corrected chi connectivity index (χ2v) is 5.49. The monoisotopic (exact) mass is 269 g/mol. The minimum atomic E-state index is -1.00. The van der Waals surface area contributed by atoms with Crippen LogP contribution in [0.25, 0.3) is 0 Å². The molecule has 19 heavy (non-hydrogen) atoms. The van der Waals surface area contributed by atoms with E-state index in [2.05, 4.69) is 33.0 Å². The second kappa shape index (κ2) is 6.64. The van der Waals surface area contributed by atoms with Gasteiger partial charge >= 0.3 is 0 Å². The molecule has 4 heteroatoms. The van der Waals surface area contributed by atoms with E-state index >= 15 is 0 Å². The first-order valence-corrected chi connectivity index (χ1v) is 6.56. The molecule has 1 N–H and O–H groups in total. The third-order valence-electron chi connectivity index (χ3n) is 3.39. The summed E-state index contributed by atoms with van der Waals surface area (Å²) < 4.78 is 25.8. The minimum absolute atomic E-state index is 0.144. The van der Waals surface area contributed by atoms with E-state index in [1.54, 1.807) is 0 Å². The molecule has 0 radical (unpaired) electrons. The van der Waals surface area contributed by atoms with Crippen LogP contribution in [-0.4, -0.2) is 12.5 Å². The number of carbonyl (C=O) groups is 1. The minimum Gasteiger partial charge on any atom is -0.352 e. The van der Waals surface area contributed by atoms with Crippen molar-refractivity contribution in [2.45, 2.75) is 27.7 Å². The Kier molecular flexibility index (Phi) is 5.45. The maximum atomic E-state index is 13.0. The summed E-state index contributed by atoms with van der Waals surface area (Å²) >= 11 is 0. The van der Waals surface area contributed by atoms with Gasteiger partial charge in [-0.15, -0.1) is 0 Å². The van der Waals surface area contributed by atoms with Gasteiger partial charge in [0.2, 0.25) is 0 Å². The van der Waals surface area contributed by atoms with Crippen molar-refractivity contribution in [3.8, 4) is 0 Å². The molecule has 0 bridgehead atoms. The van der Waals surface area contributed by atoms with Gasteiger partial charge in [0.15, 0.2) is 11.6 Å². The molecule has 1 amide bonds. The van der Waals surface area contributed by atoms with Crippen LogP contribution in [0.2, 0.25) is 0 Å². The summed E-state index contributed by atoms with van der Waals surface area (Å²) in [6.45, 7) is 8.96. The van der Waals surface area contributed by atoms with Gasteiger partial charge in [0, 0.05) is 12.1 Å².